The number of hydrogen-bond donors (Lipinski definition) is 0. The van der Waals surface area contributed by atoms with Crippen LogP contribution in [0.5, 0.6) is 0 Å². The second-order valence-corrected chi connectivity index (χ2v) is 9.86. The predicted molar refractivity (Wildman–Crippen MR) is 129 cm³/mol. The summed E-state index contributed by atoms with van der Waals surface area (Å²) in [5.74, 6) is 2.66. The lowest BCUT2D eigenvalue weighted by Gasteiger charge is -2.32. The van der Waals surface area contributed by atoms with Crippen LogP contribution in [0.3, 0.4) is 0 Å². The van der Waals surface area contributed by atoms with E-state index in [0.29, 0.717) is 0 Å². The molecule has 1 unspecified atom stereocenters. The molecule has 0 saturated heterocycles. The fourth-order valence-electron chi connectivity index (χ4n) is 5.24. The van der Waals surface area contributed by atoms with Crippen LogP contribution in [-0.2, 0) is 6.42 Å². The van der Waals surface area contributed by atoms with E-state index in [0.717, 1.165) is 17.8 Å². The van der Waals surface area contributed by atoms with Gasteiger partial charge in [0.15, 0.2) is 0 Å². The molecule has 0 aliphatic heterocycles. The van der Waals surface area contributed by atoms with E-state index in [1.54, 1.807) is 0 Å². The molecular formula is C29H44. The van der Waals surface area contributed by atoms with Crippen LogP contribution < -0.4 is 0 Å². The minimum absolute atomic E-state index is 0.785. The quantitative estimate of drug-likeness (QED) is 0.329. The van der Waals surface area contributed by atoms with E-state index in [4.69, 9.17) is 0 Å². The molecule has 0 N–H and O–H groups in total. The molecule has 1 aromatic rings. The van der Waals surface area contributed by atoms with E-state index in [1.807, 2.05) is 0 Å². The Balaban J connectivity index is 1.36. The predicted octanol–water partition coefficient (Wildman–Crippen LogP) is 9.16. The molecule has 2 aliphatic carbocycles. The number of aryl methyl sites for hydroxylation is 1. The van der Waals surface area contributed by atoms with Crippen LogP contribution in [0, 0.1) is 17.8 Å². The van der Waals surface area contributed by atoms with Crippen molar-refractivity contribution in [2.75, 3.05) is 0 Å². The van der Waals surface area contributed by atoms with Crippen LogP contribution in [0.15, 0.2) is 42.5 Å². The SMILES string of the molecule is CCCCCCCCCCc1ccc(C2=CCC([C@H]3CC[C@H](C)CC3)C=C2)cc1. The summed E-state index contributed by atoms with van der Waals surface area (Å²) in [5.41, 5.74) is 4.34. The normalized spacial score (nSPS) is 24.5. The molecule has 29 heavy (non-hydrogen) atoms. The number of benzene rings is 1. The van der Waals surface area contributed by atoms with Crippen molar-refractivity contribution in [2.45, 2.75) is 104 Å². The topological polar surface area (TPSA) is 0 Å². The second kappa shape index (κ2) is 12.4. The van der Waals surface area contributed by atoms with Gasteiger partial charge in [-0.2, -0.15) is 0 Å². The maximum Gasteiger partial charge on any atom is -0.0167 e. The van der Waals surface area contributed by atoms with Crippen LogP contribution in [0.1, 0.15) is 108 Å². The monoisotopic (exact) mass is 392 g/mol. The first-order chi connectivity index (χ1) is 14.3. The molecule has 0 heteroatoms. The number of rotatable bonds is 11. The Morgan fingerprint density at radius 3 is 2.07 bits per heavy atom. The number of unbranched alkanes of at least 4 members (excludes halogenated alkanes) is 7. The average Bonchev–Trinajstić information content (AvgIpc) is 2.77. The molecule has 0 radical (unpaired) electrons. The van der Waals surface area contributed by atoms with Crippen LogP contribution in [-0.4, -0.2) is 0 Å². The summed E-state index contributed by atoms with van der Waals surface area (Å²) < 4.78 is 0. The highest BCUT2D eigenvalue weighted by molar-refractivity contribution is 5.75. The van der Waals surface area contributed by atoms with Crippen molar-refractivity contribution in [3.05, 3.63) is 53.6 Å². The molecule has 1 fully saturated rings. The number of allylic oxidation sites excluding steroid dienone is 4. The van der Waals surface area contributed by atoms with E-state index >= 15 is 0 Å². The van der Waals surface area contributed by atoms with Crippen molar-refractivity contribution in [2.24, 2.45) is 17.8 Å². The highest BCUT2D eigenvalue weighted by Crippen LogP contribution is 2.38. The van der Waals surface area contributed by atoms with Crippen molar-refractivity contribution in [1.82, 2.24) is 0 Å². The molecular weight excluding hydrogens is 348 g/mol. The Bertz CT molecular complexity index is 625. The van der Waals surface area contributed by atoms with E-state index in [9.17, 15) is 0 Å². The molecule has 0 bridgehead atoms. The third-order valence-electron chi connectivity index (χ3n) is 7.41. The molecule has 160 valence electrons. The summed E-state index contributed by atoms with van der Waals surface area (Å²) in [6, 6.07) is 9.41. The third-order valence-corrected chi connectivity index (χ3v) is 7.41. The van der Waals surface area contributed by atoms with Gasteiger partial charge in [-0.3, -0.25) is 0 Å². The molecule has 3 rings (SSSR count). The van der Waals surface area contributed by atoms with Crippen molar-refractivity contribution < 1.29 is 0 Å². The third kappa shape index (κ3) is 7.47. The van der Waals surface area contributed by atoms with Gasteiger partial charge >= 0.3 is 0 Å². The van der Waals surface area contributed by atoms with Crippen molar-refractivity contribution in [3.8, 4) is 0 Å². The smallest absolute Gasteiger partial charge is 0.0167 e. The van der Waals surface area contributed by atoms with Gasteiger partial charge in [-0.05, 0) is 66.6 Å². The standard InChI is InChI=1S/C29H44/c1-3-4-5-6-7-8-9-10-11-25-14-18-27(19-15-25)29-22-20-28(21-23-29)26-16-12-24(2)13-17-26/h14-15,18-20,22-24,26,28H,3-13,16-17,21H2,1-2H3/t24-,26-,28?. The largest absolute Gasteiger partial charge is 0.0802 e. The minimum atomic E-state index is 0.785. The van der Waals surface area contributed by atoms with Gasteiger partial charge < -0.3 is 0 Å². The molecule has 0 amide bonds. The minimum Gasteiger partial charge on any atom is -0.0802 e. The fourth-order valence-corrected chi connectivity index (χ4v) is 5.24. The lowest BCUT2D eigenvalue weighted by Crippen LogP contribution is -2.20. The van der Waals surface area contributed by atoms with Gasteiger partial charge in [-0.25, -0.2) is 0 Å². The maximum atomic E-state index is 2.52. The van der Waals surface area contributed by atoms with Crippen molar-refractivity contribution in [3.63, 3.8) is 0 Å². The molecule has 1 atom stereocenters. The first-order valence-corrected chi connectivity index (χ1v) is 12.7. The summed E-state index contributed by atoms with van der Waals surface area (Å²) >= 11 is 0. The summed E-state index contributed by atoms with van der Waals surface area (Å²) in [7, 11) is 0. The zero-order chi connectivity index (χ0) is 20.3. The molecule has 0 nitrogen and oxygen atoms in total. The fraction of sp³-hybridized carbons (Fsp3) is 0.655. The van der Waals surface area contributed by atoms with Crippen LogP contribution >= 0.6 is 0 Å². The van der Waals surface area contributed by atoms with Crippen LogP contribution in [0.25, 0.3) is 5.57 Å². The second-order valence-electron chi connectivity index (χ2n) is 9.86. The van der Waals surface area contributed by atoms with Gasteiger partial charge in [0.1, 0.15) is 0 Å². The van der Waals surface area contributed by atoms with Crippen LogP contribution in [0.2, 0.25) is 0 Å². The van der Waals surface area contributed by atoms with Gasteiger partial charge in [0.05, 0.1) is 0 Å². The Labute approximate surface area is 180 Å². The Hall–Kier alpha value is -1.30. The zero-order valence-corrected chi connectivity index (χ0v) is 19.2. The first kappa shape index (κ1) is 22.4. The van der Waals surface area contributed by atoms with Gasteiger partial charge in [0, 0.05) is 0 Å². The number of hydrogen-bond acceptors (Lipinski definition) is 0. The van der Waals surface area contributed by atoms with Gasteiger partial charge in [-0.1, -0.05) is 114 Å². The zero-order valence-electron chi connectivity index (χ0n) is 19.2. The Morgan fingerprint density at radius 2 is 1.45 bits per heavy atom. The van der Waals surface area contributed by atoms with Gasteiger partial charge in [-0.15, -0.1) is 0 Å². The molecule has 0 heterocycles. The summed E-state index contributed by atoms with van der Waals surface area (Å²) in [6.45, 7) is 4.71. The lowest BCUT2D eigenvalue weighted by atomic mass is 9.74. The van der Waals surface area contributed by atoms with Gasteiger partial charge in [0.2, 0.25) is 0 Å². The van der Waals surface area contributed by atoms with E-state index in [2.05, 4.69) is 56.3 Å². The van der Waals surface area contributed by atoms with Crippen molar-refractivity contribution in [1.29, 1.82) is 0 Å². The molecule has 1 saturated carbocycles. The average molecular weight is 393 g/mol. The summed E-state index contributed by atoms with van der Waals surface area (Å²) in [4.78, 5) is 0. The van der Waals surface area contributed by atoms with Crippen molar-refractivity contribution >= 4 is 5.57 Å². The molecule has 0 spiro atoms. The highest BCUT2D eigenvalue weighted by Gasteiger charge is 2.25. The van der Waals surface area contributed by atoms with Crippen LogP contribution in [0.4, 0.5) is 0 Å². The molecule has 0 aromatic heterocycles. The molecule has 2 aliphatic rings. The maximum absolute atomic E-state index is 2.52. The summed E-state index contributed by atoms with van der Waals surface area (Å²) in [5, 5.41) is 0. The first-order valence-electron chi connectivity index (χ1n) is 12.7. The lowest BCUT2D eigenvalue weighted by molar-refractivity contribution is 0.240. The molecule has 1 aromatic carbocycles. The Morgan fingerprint density at radius 1 is 0.793 bits per heavy atom. The Kier molecular flexibility index (Phi) is 9.58. The van der Waals surface area contributed by atoms with E-state index < -0.39 is 0 Å². The van der Waals surface area contributed by atoms with E-state index in [1.165, 1.54) is 107 Å². The van der Waals surface area contributed by atoms with Gasteiger partial charge in [0.25, 0.3) is 0 Å². The highest BCUT2D eigenvalue weighted by atomic mass is 14.3. The van der Waals surface area contributed by atoms with E-state index in [-0.39, 0.29) is 0 Å². The summed E-state index contributed by atoms with van der Waals surface area (Å²) in [6.07, 6.45) is 26.9.